The van der Waals surface area contributed by atoms with Crippen molar-refractivity contribution in [3.05, 3.63) is 0 Å². The molecule has 0 amide bonds. The molecule has 0 aromatic heterocycles. The third kappa shape index (κ3) is 3.46. The molecule has 0 aliphatic carbocycles. The van der Waals surface area contributed by atoms with Crippen molar-refractivity contribution >= 4 is 0 Å². The Labute approximate surface area is 102 Å². The van der Waals surface area contributed by atoms with E-state index in [0.29, 0.717) is 5.54 Å². The Morgan fingerprint density at radius 3 is 2.44 bits per heavy atom. The van der Waals surface area contributed by atoms with E-state index in [9.17, 15) is 0 Å². The molecule has 2 nitrogen and oxygen atoms in total. The first-order chi connectivity index (χ1) is 7.51. The van der Waals surface area contributed by atoms with Crippen LogP contribution in [0, 0.1) is 5.92 Å². The van der Waals surface area contributed by atoms with Gasteiger partial charge in [0.05, 0.1) is 0 Å². The molecule has 2 atom stereocenters. The van der Waals surface area contributed by atoms with Gasteiger partial charge in [-0.1, -0.05) is 27.2 Å². The summed E-state index contributed by atoms with van der Waals surface area (Å²) >= 11 is 0. The van der Waals surface area contributed by atoms with Gasteiger partial charge in [-0.05, 0) is 32.6 Å². The van der Waals surface area contributed by atoms with Crippen molar-refractivity contribution in [2.24, 2.45) is 5.92 Å². The topological polar surface area (TPSA) is 15.3 Å². The van der Waals surface area contributed by atoms with E-state index < -0.39 is 0 Å². The van der Waals surface area contributed by atoms with Gasteiger partial charge in [0.1, 0.15) is 0 Å². The first-order valence-corrected chi connectivity index (χ1v) is 6.98. The fraction of sp³-hybridized carbons (Fsp3) is 1.00. The van der Waals surface area contributed by atoms with E-state index in [4.69, 9.17) is 0 Å². The molecule has 0 radical (unpaired) electrons. The summed E-state index contributed by atoms with van der Waals surface area (Å²) in [4.78, 5) is 2.73. The van der Waals surface area contributed by atoms with Gasteiger partial charge in [-0.15, -0.1) is 0 Å². The Kier molecular flexibility index (Phi) is 5.26. The monoisotopic (exact) mass is 226 g/mol. The third-order valence-corrected chi connectivity index (χ3v) is 4.15. The van der Waals surface area contributed by atoms with E-state index in [1.807, 2.05) is 0 Å². The van der Waals surface area contributed by atoms with E-state index in [-0.39, 0.29) is 0 Å². The van der Waals surface area contributed by atoms with Crippen LogP contribution in [-0.4, -0.2) is 36.1 Å². The largest absolute Gasteiger partial charge is 0.314 e. The van der Waals surface area contributed by atoms with Gasteiger partial charge in [0, 0.05) is 31.2 Å². The molecular formula is C14H30N2. The van der Waals surface area contributed by atoms with Gasteiger partial charge in [0.25, 0.3) is 0 Å². The maximum Gasteiger partial charge on any atom is 0.0281 e. The first kappa shape index (κ1) is 14.0. The molecule has 1 N–H and O–H groups in total. The Morgan fingerprint density at radius 1 is 1.25 bits per heavy atom. The molecule has 0 aromatic carbocycles. The second-order valence-electron chi connectivity index (χ2n) is 5.99. The van der Waals surface area contributed by atoms with Crippen molar-refractivity contribution in [1.82, 2.24) is 10.2 Å². The van der Waals surface area contributed by atoms with Gasteiger partial charge < -0.3 is 5.32 Å². The molecule has 16 heavy (non-hydrogen) atoms. The highest BCUT2D eigenvalue weighted by Crippen LogP contribution is 2.25. The maximum atomic E-state index is 3.51. The Hall–Kier alpha value is -0.0800. The third-order valence-electron chi connectivity index (χ3n) is 4.15. The summed E-state index contributed by atoms with van der Waals surface area (Å²) in [5, 5.41) is 3.51. The Morgan fingerprint density at radius 2 is 1.94 bits per heavy atom. The van der Waals surface area contributed by atoms with E-state index in [1.165, 1.54) is 25.8 Å². The van der Waals surface area contributed by atoms with Crippen LogP contribution in [0.25, 0.3) is 0 Å². The molecule has 1 heterocycles. The van der Waals surface area contributed by atoms with Gasteiger partial charge in [-0.25, -0.2) is 0 Å². The average Bonchev–Trinajstić information content (AvgIpc) is 2.25. The van der Waals surface area contributed by atoms with E-state index in [1.54, 1.807) is 0 Å². The van der Waals surface area contributed by atoms with Crippen LogP contribution in [0.1, 0.15) is 53.9 Å². The molecule has 1 fully saturated rings. The van der Waals surface area contributed by atoms with Gasteiger partial charge in [0.15, 0.2) is 0 Å². The van der Waals surface area contributed by atoms with Crippen LogP contribution in [0.15, 0.2) is 0 Å². The van der Waals surface area contributed by atoms with Gasteiger partial charge in [0.2, 0.25) is 0 Å². The SMILES string of the molecule is CCC(C)CC(CC)N1CCNCC1(C)C. The predicted molar refractivity (Wildman–Crippen MR) is 71.8 cm³/mol. The molecule has 1 rings (SSSR count). The second-order valence-corrected chi connectivity index (χ2v) is 5.99. The highest BCUT2D eigenvalue weighted by Gasteiger charge is 2.34. The minimum atomic E-state index is 0.326. The lowest BCUT2D eigenvalue weighted by Crippen LogP contribution is -2.61. The lowest BCUT2D eigenvalue weighted by Gasteiger charge is -2.47. The molecule has 0 bridgehead atoms. The number of hydrogen-bond acceptors (Lipinski definition) is 2. The lowest BCUT2D eigenvalue weighted by molar-refractivity contribution is 0.0328. The van der Waals surface area contributed by atoms with Crippen LogP contribution >= 0.6 is 0 Å². The molecule has 0 aromatic rings. The molecule has 0 saturated carbocycles. The smallest absolute Gasteiger partial charge is 0.0281 e. The molecule has 1 aliphatic heterocycles. The highest BCUT2D eigenvalue weighted by molar-refractivity contribution is 4.92. The zero-order valence-electron chi connectivity index (χ0n) is 11.8. The van der Waals surface area contributed by atoms with Crippen LogP contribution in [0.2, 0.25) is 0 Å². The normalized spacial score (nSPS) is 25.3. The zero-order valence-corrected chi connectivity index (χ0v) is 11.8. The van der Waals surface area contributed by atoms with E-state index >= 15 is 0 Å². The molecule has 2 unspecified atom stereocenters. The van der Waals surface area contributed by atoms with Gasteiger partial charge in [-0.3, -0.25) is 4.90 Å². The average molecular weight is 226 g/mol. The van der Waals surface area contributed by atoms with Crippen LogP contribution in [0.4, 0.5) is 0 Å². The molecule has 96 valence electrons. The quantitative estimate of drug-likeness (QED) is 0.775. The second kappa shape index (κ2) is 6.02. The number of nitrogens with zero attached hydrogens (tertiary/aromatic N) is 1. The fourth-order valence-electron chi connectivity index (χ4n) is 2.82. The summed E-state index contributed by atoms with van der Waals surface area (Å²) in [6.07, 6.45) is 3.95. The first-order valence-electron chi connectivity index (χ1n) is 6.98. The summed E-state index contributed by atoms with van der Waals surface area (Å²) in [5.74, 6) is 0.857. The van der Waals surface area contributed by atoms with Crippen LogP contribution in [0.5, 0.6) is 0 Å². The van der Waals surface area contributed by atoms with Crippen LogP contribution in [0.3, 0.4) is 0 Å². The predicted octanol–water partition coefficient (Wildman–Crippen LogP) is 2.89. The highest BCUT2D eigenvalue weighted by atomic mass is 15.3. The summed E-state index contributed by atoms with van der Waals surface area (Å²) < 4.78 is 0. The van der Waals surface area contributed by atoms with Gasteiger partial charge >= 0.3 is 0 Å². The van der Waals surface area contributed by atoms with Crippen molar-refractivity contribution in [3.8, 4) is 0 Å². The lowest BCUT2D eigenvalue weighted by atomic mass is 9.91. The molecule has 1 aliphatic rings. The van der Waals surface area contributed by atoms with Crippen LogP contribution in [-0.2, 0) is 0 Å². The summed E-state index contributed by atoms with van der Waals surface area (Å²) in [6.45, 7) is 15.3. The Balaban J connectivity index is 2.62. The van der Waals surface area contributed by atoms with Crippen molar-refractivity contribution in [1.29, 1.82) is 0 Å². The number of hydrogen-bond donors (Lipinski definition) is 1. The fourth-order valence-corrected chi connectivity index (χ4v) is 2.82. The standard InChI is InChI=1S/C14H30N2/c1-6-12(3)10-13(7-2)16-9-8-15-11-14(16,4)5/h12-13,15H,6-11H2,1-5H3. The van der Waals surface area contributed by atoms with Crippen molar-refractivity contribution in [3.63, 3.8) is 0 Å². The summed E-state index contributed by atoms with van der Waals surface area (Å²) in [6, 6.07) is 0.770. The molecule has 0 spiro atoms. The zero-order chi connectivity index (χ0) is 12.2. The maximum absolute atomic E-state index is 3.51. The Bertz CT molecular complexity index is 201. The number of rotatable bonds is 5. The molecular weight excluding hydrogens is 196 g/mol. The van der Waals surface area contributed by atoms with Gasteiger partial charge in [-0.2, -0.15) is 0 Å². The van der Waals surface area contributed by atoms with Crippen molar-refractivity contribution in [2.45, 2.75) is 65.5 Å². The number of piperazine rings is 1. The van der Waals surface area contributed by atoms with E-state index in [0.717, 1.165) is 25.0 Å². The minimum Gasteiger partial charge on any atom is -0.314 e. The van der Waals surface area contributed by atoms with E-state index in [2.05, 4.69) is 44.8 Å². The number of nitrogens with one attached hydrogen (secondary N) is 1. The molecule has 2 heteroatoms. The minimum absolute atomic E-state index is 0.326. The van der Waals surface area contributed by atoms with Crippen molar-refractivity contribution < 1.29 is 0 Å². The van der Waals surface area contributed by atoms with Crippen LogP contribution < -0.4 is 5.32 Å². The summed E-state index contributed by atoms with van der Waals surface area (Å²) in [5.41, 5.74) is 0.326. The summed E-state index contributed by atoms with van der Waals surface area (Å²) in [7, 11) is 0. The molecule has 1 saturated heterocycles. The van der Waals surface area contributed by atoms with Crippen molar-refractivity contribution in [2.75, 3.05) is 19.6 Å².